The van der Waals surface area contributed by atoms with Crippen LogP contribution < -0.4 is 16.0 Å². The summed E-state index contributed by atoms with van der Waals surface area (Å²) in [6.45, 7) is 11.4. The Morgan fingerprint density at radius 3 is 2.23 bits per heavy atom. The smallest absolute Gasteiger partial charge is 0.242 e. The molecule has 1 aromatic rings. The van der Waals surface area contributed by atoms with Gasteiger partial charge in [0, 0.05) is 23.3 Å². The normalized spacial score (nSPS) is 12.2. The number of benzene rings is 1. The van der Waals surface area contributed by atoms with Crippen LogP contribution in [0.1, 0.15) is 27.7 Å². The minimum absolute atomic E-state index is 0.0367. The van der Waals surface area contributed by atoms with Gasteiger partial charge in [0.05, 0.1) is 0 Å². The van der Waals surface area contributed by atoms with Crippen LogP contribution in [0.15, 0.2) is 36.9 Å². The van der Waals surface area contributed by atoms with Crippen LogP contribution in [-0.2, 0) is 9.59 Å². The first-order valence-corrected chi connectivity index (χ1v) is 7.30. The van der Waals surface area contributed by atoms with Gasteiger partial charge in [-0.05, 0) is 31.2 Å². The van der Waals surface area contributed by atoms with Crippen LogP contribution in [0.3, 0.4) is 0 Å². The standard InChI is InChI=1S/C17H25N3O2/c1-6-11-18-15(21)12(2)19-13-7-9-14(10-8-13)20-16(22)17(3,4)5/h6-10,12,19H,1,11H2,2-5H3,(H,18,21)(H,20,22)/t12-/m1/s1. The average molecular weight is 303 g/mol. The number of carbonyl (C=O) groups is 2. The first-order chi connectivity index (χ1) is 10.2. The summed E-state index contributed by atoms with van der Waals surface area (Å²) < 4.78 is 0. The average Bonchev–Trinajstić information content (AvgIpc) is 2.45. The summed E-state index contributed by atoms with van der Waals surface area (Å²) in [6.07, 6.45) is 1.64. The van der Waals surface area contributed by atoms with Gasteiger partial charge >= 0.3 is 0 Å². The summed E-state index contributed by atoms with van der Waals surface area (Å²) in [5.74, 6) is -0.129. The van der Waals surface area contributed by atoms with E-state index in [4.69, 9.17) is 0 Å². The molecule has 1 rings (SSSR count). The fourth-order valence-corrected chi connectivity index (χ4v) is 1.61. The maximum absolute atomic E-state index is 11.9. The van der Waals surface area contributed by atoms with Crippen molar-refractivity contribution in [3.63, 3.8) is 0 Å². The van der Waals surface area contributed by atoms with Crippen LogP contribution in [0.5, 0.6) is 0 Å². The van der Waals surface area contributed by atoms with Crippen LogP contribution in [0.25, 0.3) is 0 Å². The van der Waals surface area contributed by atoms with Crippen molar-refractivity contribution >= 4 is 23.2 Å². The monoisotopic (exact) mass is 303 g/mol. The summed E-state index contributed by atoms with van der Waals surface area (Å²) in [5.41, 5.74) is 1.11. The Bertz CT molecular complexity index is 530. The molecular formula is C17H25N3O2. The maximum Gasteiger partial charge on any atom is 0.242 e. The Morgan fingerprint density at radius 1 is 1.18 bits per heavy atom. The topological polar surface area (TPSA) is 70.2 Å². The molecule has 0 aromatic heterocycles. The number of anilines is 2. The lowest BCUT2D eigenvalue weighted by atomic mass is 9.95. The van der Waals surface area contributed by atoms with E-state index in [0.29, 0.717) is 6.54 Å². The van der Waals surface area contributed by atoms with Crippen molar-refractivity contribution in [3.8, 4) is 0 Å². The van der Waals surface area contributed by atoms with Crippen LogP contribution in [0.2, 0.25) is 0 Å². The third-order valence-electron chi connectivity index (χ3n) is 3.02. The molecule has 0 aliphatic carbocycles. The van der Waals surface area contributed by atoms with Crippen LogP contribution >= 0.6 is 0 Å². The second kappa shape index (κ2) is 7.64. The minimum atomic E-state index is -0.436. The van der Waals surface area contributed by atoms with E-state index in [-0.39, 0.29) is 17.9 Å². The molecule has 22 heavy (non-hydrogen) atoms. The first-order valence-electron chi connectivity index (χ1n) is 7.30. The highest BCUT2D eigenvalue weighted by molar-refractivity contribution is 5.94. The molecule has 5 heteroatoms. The molecule has 0 saturated carbocycles. The van der Waals surface area contributed by atoms with Gasteiger partial charge in [0.25, 0.3) is 0 Å². The van der Waals surface area contributed by atoms with Crippen LogP contribution in [0.4, 0.5) is 11.4 Å². The molecule has 0 heterocycles. The van der Waals surface area contributed by atoms with Gasteiger partial charge in [0.1, 0.15) is 6.04 Å². The van der Waals surface area contributed by atoms with E-state index in [0.717, 1.165) is 11.4 Å². The first kappa shape index (κ1) is 17.8. The molecular weight excluding hydrogens is 278 g/mol. The minimum Gasteiger partial charge on any atom is -0.374 e. The number of amides is 2. The second-order valence-corrected chi connectivity index (χ2v) is 6.18. The molecule has 3 N–H and O–H groups in total. The molecule has 0 bridgehead atoms. The lowest BCUT2D eigenvalue weighted by Crippen LogP contribution is -2.37. The van der Waals surface area contributed by atoms with Gasteiger partial charge in [-0.15, -0.1) is 6.58 Å². The van der Waals surface area contributed by atoms with Crippen molar-refractivity contribution in [1.29, 1.82) is 0 Å². The quantitative estimate of drug-likeness (QED) is 0.708. The van der Waals surface area contributed by atoms with Crippen molar-refractivity contribution in [2.75, 3.05) is 17.2 Å². The highest BCUT2D eigenvalue weighted by atomic mass is 16.2. The molecule has 0 spiro atoms. The fourth-order valence-electron chi connectivity index (χ4n) is 1.61. The maximum atomic E-state index is 11.9. The Labute approximate surface area is 132 Å². The third kappa shape index (κ3) is 5.60. The van der Waals surface area contributed by atoms with Gasteiger partial charge in [0.15, 0.2) is 0 Å². The Kier molecular flexibility index (Phi) is 6.16. The Balaban J connectivity index is 2.60. The molecule has 0 radical (unpaired) electrons. The summed E-state index contributed by atoms with van der Waals surface area (Å²) in [6, 6.07) is 6.92. The number of hydrogen-bond acceptors (Lipinski definition) is 3. The molecule has 1 atom stereocenters. The van der Waals surface area contributed by atoms with E-state index in [2.05, 4.69) is 22.5 Å². The van der Waals surface area contributed by atoms with E-state index in [1.807, 2.05) is 32.9 Å². The summed E-state index contributed by atoms with van der Waals surface area (Å²) in [7, 11) is 0. The van der Waals surface area contributed by atoms with E-state index in [1.54, 1.807) is 25.1 Å². The van der Waals surface area contributed by atoms with E-state index >= 15 is 0 Å². The van der Waals surface area contributed by atoms with Gasteiger partial charge < -0.3 is 16.0 Å². The van der Waals surface area contributed by atoms with Crippen LogP contribution in [-0.4, -0.2) is 24.4 Å². The molecule has 0 saturated heterocycles. The summed E-state index contributed by atoms with van der Waals surface area (Å²) in [5, 5.41) is 8.69. The van der Waals surface area contributed by atoms with Gasteiger partial charge in [0.2, 0.25) is 11.8 Å². The molecule has 2 amide bonds. The predicted octanol–water partition coefficient (Wildman–Crippen LogP) is 2.77. The molecule has 0 fully saturated rings. The van der Waals surface area contributed by atoms with Crippen molar-refractivity contribution in [2.24, 2.45) is 5.41 Å². The lowest BCUT2D eigenvalue weighted by molar-refractivity contribution is -0.123. The number of carbonyl (C=O) groups excluding carboxylic acids is 2. The van der Waals surface area contributed by atoms with E-state index in [9.17, 15) is 9.59 Å². The lowest BCUT2D eigenvalue weighted by Gasteiger charge is -2.18. The largest absolute Gasteiger partial charge is 0.374 e. The van der Waals surface area contributed by atoms with Crippen molar-refractivity contribution in [2.45, 2.75) is 33.7 Å². The Morgan fingerprint density at radius 2 is 1.73 bits per heavy atom. The highest BCUT2D eigenvalue weighted by Gasteiger charge is 2.21. The molecule has 1 aromatic carbocycles. The zero-order chi connectivity index (χ0) is 16.8. The SMILES string of the molecule is C=CCNC(=O)[C@@H](C)Nc1ccc(NC(=O)C(C)(C)C)cc1. The number of rotatable bonds is 6. The number of hydrogen-bond donors (Lipinski definition) is 3. The molecule has 0 unspecified atom stereocenters. The van der Waals surface area contributed by atoms with Gasteiger partial charge in [-0.1, -0.05) is 26.8 Å². The number of nitrogens with one attached hydrogen (secondary N) is 3. The van der Waals surface area contributed by atoms with E-state index in [1.165, 1.54) is 0 Å². The van der Waals surface area contributed by atoms with Crippen LogP contribution in [0, 0.1) is 5.41 Å². The van der Waals surface area contributed by atoms with Gasteiger partial charge in [-0.3, -0.25) is 9.59 Å². The second-order valence-electron chi connectivity index (χ2n) is 6.18. The Hall–Kier alpha value is -2.30. The summed E-state index contributed by atoms with van der Waals surface area (Å²) >= 11 is 0. The van der Waals surface area contributed by atoms with Crippen molar-refractivity contribution in [3.05, 3.63) is 36.9 Å². The highest BCUT2D eigenvalue weighted by Crippen LogP contribution is 2.19. The molecule has 0 aliphatic heterocycles. The molecule has 0 aliphatic rings. The van der Waals surface area contributed by atoms with Crippen molar-refractivity contribution in [1.82, 2.24) is 5.32 Å². The molecule has 120 valence electrons. The zero-order valence-electron chi connectivity index (χ0n) is 13.7. The van der Waals surface area contributed by atoms with Crippen molar-refractivity contribution < 1.29 is 9.59 Å². The zero-order valence-corrected chi connectivity index (χ0v) is 13.7. The van der Waals surface area contributed by atoms with Gasteiger partial charge in [-0.2, -0.15) is 0 Å². The fraction of sp³-hybridized carbons (Fsp3) is 0.412. The van der Waals surface area contributed by atoms with Gasteiger partial charge in [-0.25, -0.2) is 0 Å². The summed E-state index contributed by atoms with van der Waals surface area (Å²) in [4.78, 5) is 23.6. The predicted molar refractivity (Wildman–Crippen MR) is 90.8 cm³/mol. The van der Waals surface area contributed by atoms with E-state index < -0.39 is 5.41 Å². The third-order valence-corrected chi connectivity index (χ3v) is 3.02. The molecule has 5 nitrogen and oxygen atoms in total.